The Labute approximate surface area is 219 Å². The van der Waals surface area contributed by atoms with Crippen molar-refractivity contribution in [1.82, 2.24) is 24.4 Å². The highest BCUT2D eigenvalue weighted by molar-refractivity contribution is 7.52. The van der Waals surface area contributed by atoms with Crippen molar-refractivity contribution in [3.8, 4) is 0 Å². The molecule has 2 aromatic rings. The SMILES string of the molecule is C[C@H]1[C@@H](OC(C)(C)O)[C@H](n2cnc3c(NC4CCCC4)nc(Cl)nc32)O[C@@H]1CN(C)C(=O)CP(=O)(O)O. The third kappa shape index (κ3) is 6.78. The van der Waals surface area contributed by atoms with Gasteiger partial charge in [0.1, 0.15) is 12.3 Å². The zero-order valence-corrected chi connectivity index (χ0v) is 22.9. The van der Waals surface area contributed by atoms with E-state index >= 15 is 0 Å². The number of halogens is 1. The molecule has 2 aliphatic rings. The summed E-state index contributed by atoms with van der Waals surface area (Å²) in [6.07, 6.45) is 2.98. The van der Waals surface area contributed by atoms with Gasteiger partial charge in [0.25, 0.3) is 0 Å². The minimum absolute atomic E-state index is 0.0417. The fraction of sp³-hybridized carbons (Fsp3) is 0.727. The molecule has 1 aliphatic heterocycles. The number of imidazole rings is 1. The molecule has 37 heavy (non-hydrogen) atoms. The standard InChI is InChI=1S/C22H34ClN6O7P/c1-12-14(9-28(4)15(30)10-37(32,33)34)35-20(17(12)36-22(2,3)31)29-11-24-16-18(25-13-7-5-6-8-13)26-21(23)27-19(16)29/h11-14,17,20,31H,5-10H2,1-4H3,(H,25,26,27)(H2,32,33,34)/t12-,14-,17-,20-/m1/s1. The van der Waals surface area contributed by atoms with Gasteiger partial charge in [0.05, 0.1) is 12.4 Å². The highest BCUT2D eigenvalue weighted by atomic mass is 35.5. The second-order valence-electron chi connectivity index (χ2n) is 10.3. The van der Waals surface area contributed by atoms with Gasteiger partial charge in [0, 0.05) is 25.6 Å². The zero-order chi connectivity index (χ0) is 27.1. The molecule has 1 saturated heterocycles. The molecule has 0 spiro atoms. The summed E-state index contributed by atoms with van der Waals surface area (Å²) in [5.74, 6) is -1.99. The molecule has 13 nitrogen and oxygen atoms in total. The van der Waals surface area contributed by atoms with Crippen molar-refractivity contribution >= 4 is 42.1 Å². The predicted molar refractivity (Wildman–Crippen MR) is 135 cm³/mol. The molecule has 206 valence electrons. The van der Waals surface area contributed by atoms with E-state index in [0.29, 0.717) is 17.0 Å². The highest BCUT2D eigenvalue weighted by Gasteiger charge is 2.47. The van der Waals surface area contributed by atoms with E-state index in [4.69, 9.17) is 30.9 Å². The summed E-state index contributed by atoms with van der Waals surface area (Å²) in [5.41, 5.74) is 0.945. The maximum atomic E-state index is 12.3. The molecule has 15 heteroatoms. The molecular weight excluding hydrogens is 527 g/mol. The number of amides is 1. The van der Waals surface area contributed by atoms with Crippen LogP contribution in [0.1, 0.15) is 52.7 Å². The quantitative estimate of drug-likeness (QED) is 0.201. The van der Waals surface area contributed by atoms with E-state index in [1.807, 2.05) is 6.92 Å². The molecule has 1 amide bonds. The number of carbonyl (C=O) groups excluding carboxylic acids is 1. The second kappa shape index (κ2) is 10.7. The molecule has 4 atom stereocenters. The Balaban J connectivity index is 1.63. The van der Waals surface area contributed by atoms with Crippen LogP contribution in [0.25, 0.3) is 11.2 Å². The van der Waals surface area contributed by atoms with Gasteiger partial charge in [0.15, 0.2) is 29.0 Å². The van der Waals surface area contributed by atoms with Crippen LogP contribution in [-0.4, -0.2) is 89.0 Å². The summed E-state index contributed by atoms with van der Waals surface area (Å²) >= 11 is 6.28. The minimum Gasteiger partial charge on any atom is -0.366 e. The van der Waals surface area contributed by atoms with Gasteiger partial charge in [-0.3, -0.25) is 13.9 Å². The summed E-state index contributed by atoms with van der Waals surface area (Å²) in [4.78, 5) is 45.1. The molecule has 2 aromatic heterocycles. The maximum Gasteiger partial charge on any atom is 0.334 e. The van der Waals surface area contributed by atoms with Gasteiger partial charge in [-0.2, -0.15) is 9.97 Å². The zero-order valence-electron chi connectivity index (χ0n) is 21.2. The largest absolute Gasteiger partial charge is 0.366 e. The lowest BCUT2D eigenvalue weighted by atomic mass is 9.99. The first kappa shape index (κ1) is 28.2. The number of anilines is 1. The molecule has 4 N–H and O–H groups in total. The van der Waals surface area contributed by atoms with Gasteiger partial charge in [-0.05, 0) is 38.3 Å². The van der Waals surface area contributed by atoms with E-state index in [2.05, 4.69) is 20.3 Å². The van der Waals surface area contributed by atoms with Crippen LogP contribution in [0.2, 0.25) is 5.28 Å². The normalized spacial score (nSPS) is 25.2. The van der Waals surface area contributed by atoms with Crippen molar-refractivity contribution in [2.24, 2.45) is 5.92 Å². The van der Waals surface area contributed by atoms with Crippen molar-refractivity contribution in [1.29, 1.82) is 0 Å². The number of aliphatic hydroxyl groups is 1. The molecule has 4 rings (SSSR count). The Morgan fingerprint density at radius 1 is 1.35 bits per heavy atom. The monoisotopic (exact) mass is 560 g/mol. The average molecular weight is 561 g/mol. The van der Waals surface area contributed by atoms with Crippen LogP contribution >= 0.6 is 19.2 Å². The van der Waals surface area contributed by atoms with Crippen LogP contribution in [0.15, 0.2) is 6.33 Å². The number of fused-ring (bicyclic) bond motifs is 1. The summed E-state index contributed by atoms with van der Waals surface area (Å²) in [6.45, 7) is 4.93. The molecule has 2 fully saturated rings. The van der Waals surface area contributed by atoms with E-state index in [-0.39, 0.29) is 23.8 Å². The predicted octanol–water partition coefficient (Wildman–Crippen LogP) is 2.12. The molecule has 1 saturated carbocycles. The van der Waals surface area contributed by atoms with Crippen molar-refractivity contribution in [3.05, 3.63) is 11.6 Å². The Morgan fingerprint density at radius 2 is 2.03 bits per heavy atom. The number of carbonyl (C=O) groups is 1. The summed E-state index contributed by atoms with van der Waals surface area (Å²) in [5, 5.41) is 13.9. The Hall–Kier alpha value is -1.86. The van der Waals surface area contributed by atoms with E-state index in [1.54, 1.807) is 10.9 Å². The third-order valence-corrected chi connectivity index (χ3v) is 7.56. The Morgan fingerprint density at radius 3 is 2.65 bits per heavy atom. The van der Waals surface area contributed by atoms with Gasteiger partial charge >= 0.3 is 7.60 Å². The fourth-order valence-electron chi connectivity index (χ4n) is 4.89. The van der Waals surface area contributed by atoms with Crippen LogP contribution in [-0.2, 0) is 18.8 Å². The Kier molecular flexibility index (Phi) is 8.16. The lowest BCUT2D eigenvalue weighted by Crippen LogP contribution is -2.40. The maximum absolute atomic E-state index is 12.3. The van der Waals surface area contributed by atoms with Crippen LogP contribution in [0, 0.1) is 5.92 Å². The van der Waals surface area contributed by atoms with Crippen molar-refractivity contribution in [3.63, 3.8) is 0 Å². The number of nitrogens with zero attached hydrogens (tertiary/aromatic N) is 5. The second-order valence-corrected chi connectivity index (χ2v) is 12.3. The highest BCUT2D eigenvalue weighted by Crippen LogP contribution is 2.40. The summed E-state index contributed by atoms with van der Waals surface area (Å²) in [6, 6.07) is 0.277. The topological polar surface area (TPSA) is 172 Å². The third-order valence-electron chi connectivity index (χ3n) is 6.71. The summed E-state index contributed by atoms with van der Waals surface area (Å²) in [7, 11) is -3.06. The molecular formula is C22H34ClN6O7P. The lowest BCUT2D eigenvalue weighted by molar-refractivity contribution is -0.227. The molecule has 0 unspecified atom stereocenters. The number of ether oxygens (including phenoxy) is 2. The molecule has 0 aromatic carbocycles. The minimum atomic E-state index is -4.51. The van der Waals surface area contributed by atoms with Gasteiger partial charge in [-0.1, -0.05) is 19.8 Å². The van der Waals surface area contributed by atoms with Gasteiger partial charge < -0.3 is 34.6 Å². The first-order valence-corrected chi connectivity index (χ1v) is 14.4. The number of aromatic nitrogens is 4. The molecule has 0 radical (unpaired) electrons. The van der Waals surface area contributed by atoms with E-state index < -0.39 is 43.9 Å². The number of rotatable bonds is 9. The van der Waals surface area contributed by atoms with E-state index in [1.165, 1.54) is 25.8 Å². The first-order valence-electron chi connectivity index (χ1n) is 12.2. The van der Waals surface area contributed by atoms with Gasteiger partial charge in [-0.15, -0.1) is 0 Å². The van der Waals surface area contributed by atoms with Crippen LogP contribution in [0.4, 0.5) is 5.82 Å². The number of hydrogen-bond acceptors (Lipinski definition) is 9. The Bertz CT molecular complexity index is 1180. The number of nitrogens with one attached hydrogen (secondary N) is 1. The van der Waals surface area contributed by atoms with Crippen molar-refractivity contribution in [2.45, 2.75) is 76.7 Å². The number of likely N-dealkylation sites (N-methyl/N-ethyl adjacent to an activating group) is 1. The smallest absolute Gasteiger partial charge is 0.334 e. The van der Waals surface area contributed by atoms with Gasteiger partial charge in [0.2, 0.25) is 11.2 Å². The van der Waals surface area contributed by atoms with E-state index in [9.17, 15) is 14.5 Å². The molecule has 1 aliphatic carbocycles. The summed E-state index contributed by atoms with van der Waals surface area (Å²) < 4.78 is 25.3. The molecule has 3 heterocycles. The fourth-order valence-corrected chi connectivity index (χ4v) is 5.65. The lowest BCUT2D eigenvalue weighted by Gasteiger charge is -2.29. The van der Waals surface area contributed by atoms with Crippen LogP contribution in [0.3, 0.4) is 0 Å². The molecule has 0 bridgehead atoms. The van der Waals surface area contributed by atoms with Crippen LogP contribution in [0.5, 0.6) is 0 Å². The average Bonchev–Trinajstić information content (AvgIpc) is 3.48. The van der Waals surface area contributed by atoms with Crippen molar-refractivity contribution in [2.75, 3.05) is 25.1 Å². The number of hydrogen-bond donors (Lipinski definition) is 4. The van der Waals surface area contributed by atoms with Crippen molar-refractivity contribution < 1.29 is 33.7 Å². The van der Waals surface area contributed by atoms with E-state index in [0.717, 1.165) is 25.7 Å². The first-order chi connectivity index (χ1) is 17.2. The van der Waals surface area contributed by atoms with Gasteiger partial charge in [-0.25, -0.2) is 4.98 Å². The van der Waals surface area contributed by atoms with Crippen LogP contribution < -0.4 is 5.32 Å².